The fourth-order valence-electron chi connectivity index (χ4n) is 2.05. The monoisotopic (exact) mass is 288 g/mol. The number of hydrogen-bond donors (Lipinski definition) is 0. The highest BCUT2D eigenvalue weighted by molar-refractivity contribution is 8.03. The summed E-state index contributed by atoms with van der Waals surface area (Å²) in [6.07, 6.45) is 2.46. The Hall–Kier alpha value is -1.81. The third kappa shape index (κ3) is 3.02. The van der Waals surface area contributed by atoms with Gasteiger partial charge in [0.2, 0.25) is 0 Å². The molecule has 4 heteroatoms. The quantitative estimate of drug-likeness (QED) is 0.629. The molecule has 1 aliphatic rings. The summed E-state index contributed by atoms with van der Waals surface area (Å²) in [5.41, 5.74) is 2.12. The molecule has 0 radical (unpaired) electrons. The summed E-state index contributed by atoms with van der Waals surface area (Å²) in [7, 11) is 0. The van der Waals surface area contributed by atoms with E-state index in [2.05, 4.69) is 0 Å². The maximum atomic E-state index is 11.9. The van der Waals surface area contributed by atoms with Crippen LogP contribution in [-0.2, 0) is 14.3 Å². The van der Waals surface area contributed by atoms with Gasteiger partial charge in [-0.25, -0.2) is 4.79 Å². The van der Waals surface area contributed by atoms with Gasteiger partial charge in [0.25, 0.3) is 0 Å². The molecule has 1 atom stereocenters. The molecule has 1 aromatic rings. The Morgan fingerprint density at radius 2 is 2.05 bits per heavy atom. The number of aldehydes is 1. The zero-order valence-corrected chi connectivity index (χ0v) is 12.3. The van der Waals surface area contributed by atoms with Crippen molar-refractivity contribution in [1.82, 2.24) is 0 Å². The molecule has 0 amide bonds. The summed E-state index contributed by atoms with van der Waals surface area (Å²) in [6.45, 7) is 3.97. The smallest absolute Gasteiger partial charge is 0.338 e. The Bertz CT molecular complexity index is 573. The molecule has 0 spiro atoms. The van der Waals surface area contributed by atoms with Crippen molar-refractivity contribution in [3.05, 3.63) is 58.0 Å². The predicted octanol–water partition coefficient (Wildman–Crippen LogP) is 3.44. The third-order valence-electron chi connectivity index (χ3n) is 3.02. The molecule has 1 unspecified atom stereocenters. The van der Waals surface area contributed by atoms with Gasteiger partial charge >= 0.3 is 5.97 Å². The lowest BCUT2D eigenvalue weighted by Crippen LogP contribution is -2.13. The molecule has 20 heavy (non-hydrogen) atoms. The average Bonchev–Trinajstić information content (AvgIpc) is 2.48. The highest BCUT2D eigenvalue weighted by atomic mass is 32.2. The van der Waals surface area contributed by atoms with Crippen LogP contribution in [0, 0.1) is 0 Å². The minimum atomic E-state index is -0.372. The number of carbonyl (C=O) groups excluding carboxylic acids is 2. The third-order valence-corrected chi connectivity index (χ3v) is 4.37. The summed E-state index contributed by atoms with van der Waals surface area (Å²) < 4.78 is 5.01. The normalized spacial score (nSPS) is 18.5. The van der Waals surface area contributed by atoms with Crippen LogP contribution in [0.2, 0.25) is 0 Å². The van der Waals surface area contributed by atoms with Gasteiger partial charge in [0.1, 0.15) is 6.29 Å². The minimum Gasteiger partial charge on any atom is -0.462 e. The molecule has 1 aromatic carbocycles. The Morgan fingerprint density at radius 3 is 2.65 bits per heavy atom. The maximum Gasteiger partial charge on any atom is 0.338 e. The van der Waals surface area contributed by atoms with Crippen LogP contribution in [0.1, 0.15) is 24.7 Å². The van der Waals surface area contributed by atoms with E-state index in [1.165, 1.54) is 11.8 Å². The summed E-state index contributed by atoms with van der Waals surface area (Å²) in [6, 6.07) is 9.79. The van der Waals surface area contributed by atoms with E-state index in [1.807, 2.05) is 37.3 Å². The van der Waals surface area contributed by atoms with Crippen molar-refractivity contribution in [2.45, 2.75) is 19.1 Å². The molecule has 0 aromatic heterocycles. The summed E-state index contributed by atoms with van der Waals surface area (Å²) in [4.78, 5) is 24.1. The molecule has 1 aliphatic heterocycles. The van der Waals surface area contributed by atoms with Crippen LogP contribution in [0.3, 0.4) is 0 Å². The molecule has 0 saturated heterocycles. The standard InChI is InChI=1S/C16H16O3S/c1-3-19-16(18)14-9-13(10-17)15(20-11(14)2)12-7-5-4-6-8-12/h4-10,15H,3H2,1-2H3. The first kappa shape index (κ1) is 14.6. The van der Waals surface area contributed by atoms with Crippen molar-refractivity contribution < 1.29 is 14.3 Å². The van der Waals surface area contributed by atoms with Crippen molar-refractivity contribution in [2.24, 2.45) is 0 Å². The summed E-state index contributed by atoms with van der Waals surface area (Å²) in [5.74, 6) is -0.372. The highest BCUT2D eigenvalue weighted by Crippen LogP contribution is 2.44. The second-order valence-corrected chi connectivity index (χ2v) is 5.68. The molecule has 0 saturated carbocycles. The van der Waals surface area contributed by atoms with Crippen LogP contribution < -0.4 is 0 Å². The van der Waals surface area contributed by atoms with Gasteiger partial charge in [-0.05, 0) is 30.4 Å². The van der Waals surface area contributed by atoms with Crippen molar-refractivity contribution in [1.29, 1.82) is 0 Å². The molecular weight excluding hydrogens is 272 g/mol. The number of allylic oxidation sites excluding steroid dienone is 1. The largest absolute Gasteiger partial charge is 0.462 e. The second-order valence-electron chi connectivity index (χ2n) is 4.36. The van der Waals surface area contributed by atoms with E-state index in [0.717, 1.165) is 16.8 Å². The van der Waals surface area contributed by atoms with E-state index >= 15 is 0 Å². The average molecular weight is 288 g/mol. The predicted molar refractivity (Wildman–Crippen MR) is 80.3 cm³/mol. The zero-order chi connectivity index (χ0) is 14.5. The zero-order valence-electron chi connectivity index (χ0n) is 11.5. The molecule has 3 nitrogen and oxygen atoms in total. The molecule has 0 bridgehead atoms. The molecular formula is C16H16O3S. The first-order chi connectivity index (χ1) is 9.67. The molecule has 0 aliphatic carbocycles. The minimum absolute atomic E-state index is 0.0631. The van der Waals surface area contributed by atoms with Crippen LogP contribution in [0.15, 0.2) is 52.5 Å². The Morgan fingerprint density at radius 1 is 1.35 bits per heavy atom. The first-order valence-corrected chi connectivity index (χ1v) is 7.31. The number of thioether (sulfide) groups is 1. The van der Waals surface area contributed by atoms with Gasteiger partial charge in [-0.15, -0.1) is 11.8 Å². The van der Waals surface area contributed by atoms with Gasteiger partial charge in [0.15, 0.2) is 0 Å². The maximum absolute atomic E-state index is 11.9. The van der Waals surface area contributed by atoms with Crippen LogP contribution in [0.4, 0.5) is 0 Å². The Labute approximate surface area is 122 Å². The van der Waals surface area contributed by atoms with Crippen molar-refractivity contribution in [2.75, 3.05) is 6.61 Å². The topological polar surface area (TPSA) is 43.4 Å². The van der Waals surface area contributed by atoms with Gasteiger partial charge in [0, 0.05) is 5.57 Å². The number of ether oxygens (including phenoxy) is 1. The lowest BCUT2D eigenvalue weighted by Gasteiger charge is -2.23. The van der Waals surface area contributed by atoms with Gasteiger partial charge in [-0.2, -0.15) is 0 Å². The number of benzene rings is 1. The van der Waals surface area contributed by atoms with Crippen LogP contribution in [-0.4, -0.2) is 18.9 Å². The molecule has 0 N–H and O–H groups in total. The van der Waals surface area contributed by atoms with E-state index < -0.39 is 0 Å². The van der Waals surface area contributed by atoms with Crippen molar-refractivity contribution >= 4 is 24.0 Å². The number of rotatable bonds is 4. The van der Waals surface area contributed by atoms with E-state index in [0.29, 0.717) is 17.8 Å². The van der Waals surface area contributed by atoms with Gasteiger partial charge < -0.3 is 4.74 Å². The fourth-order valence-corrected chi connectivity index (χ4v) is 3.22. The molecule has 104 valence electrons. The lowest BCUT2D eigenvalue weighted by molar-refractivity contribution is -0.138. The SMILES string of the molecule is CCOC(=O)C1=C(C)SC(c2ccccc2)C(C=O)=C1. The van der Waals surface area contributed by atoms with E-state index in [1.54, 1.807) is 13.0 Å². The van der Waals surface area contributed by atoms with E-state index in [9.17, 15) is 9.59 Å². The number of carbonyl (C=O) groups is 2. The molecule has 1 heterocycles. The lowest BCUT2D eigenvalue weighted by atomic mass is 10.0. The van der Waals surface area contributed by atoms with Crippen LogP contribution >= 0.6 is 11.8 Å². The highest BCUT2D eigenvalue weighted by Gasteiger charge is 2.26. The first-order valence-electron chi connectivity index (χ1n) is 6.43. The van der Waals surface area contributed by atoms with Crippen molar-refractivity contribution in [3.63, 3.8) is 0 Å². The Balaban J connectivity index is 2.34. The summed E-state index contributed by atoms with van der Waals surface area (Å²) >= 11 is 1.51. The van der Waals surface area contributed by atoms with E-state index in [-0.39, 0.29) is 11.2 Å². The number of esters is 1. The molecule has 0 fully saturated rings. The van der Waals surface area contributed by atoms with E-state index in [4.69, 9.17) is 4.74 Å². The summed E-state index contributed by atoms with van der Waals surface area (Å²) in [5, 5.41) is -0.0631. The molecule has 2 rings (SSSR count). The van der Waals surface area contributed by atoms with Gasteiger partial charge in [0.05, 0.1) is 17.4 Å². The number of hydrogen-bond acceptors (Lipinski definition) is 4. The fraction of sp³-hybridized carbons (Fsp3) is 0.250. The van der Waals surface area contributed by atoms with Gasteiger partial charge in [-0.1, -0.05) is 30.3 Å². The van der Waals surface area contributed by atoms with Crippen LogP contribution in [0.25, 0.3) is 0 Å². The van der Waals surface area contributed by atoms with Gasteiger partial charge in [-0.3, -0.25) is 4.79 Å². The Kier molecular flexibility index (Phi) is 4.79. The second kappa shape index (κ2) is 6.57. The van der Waals surface area contributed by atoms with Crippen molar-refractivity contribution in [3.8, 4) is 0 Å². The van der Waals surface area contributed by atoms with Crippen LogP contribution in [0.5, 0.6) is 0 Å².